The van der Waals surface area contributed by atoms with Gasteiger partial charge in [-0.25, -0.2) is 9.59 Å². The molecule has 0 aromatic rings. The van der Waals surface area contributed by atoms with Crippen molar-refractivity contribution in [3.8, 4) is 11.8 Å². The molecule has 0 aliphatic heterocycles. The van der Waals surface area contributed by atoms with Crippen molar-refractivity contribution in [1.29, 1.82) is 0 Å². The number of carboxylic acid groups (broad SMARTS) is 1. The van der Waals surface area contributed by atoms with Gasteiger partial charge in [0.2, 0.25) is 0 Å². The average molecular weight is 228 g/mol. The van der Waals surface area contributed by atoms with Crippen molar-refractivity contribution in [2.75, 3.05) is 13.1 Å². The number of hydrogen-bond acceptors (Lipinski definition) is 3. The van der Waals surface area contributed by atoms with Crippen LogP contribution < -0.4 is 10.6 Å². The molecule has 0 spiro atoms. The second-order valence-corrected chi connectivity index (χ2v) is 3.37. The molecule has 1 atom stereocenters. The number of carbonyl (C=O) groups excluding carboxylic acids is 1. The van der Waals surface area contributed by atoms with E-state index in [1.165, 1.54) is 0 Å². The van der Waals surface area contributed by atoms with Gasteiger partial charge in [-0.3, -0.25) is 0 Å². The van der Waals surface area contributed by atoms with Gasteiger partial charge in [0.05, 0.1) is 6.54 Å². The maximum Gasteiger partial charge on any atom is 0.337 e. The van der Waals surface area contributed by atoms with Gasteiger partial charge < -0.3 is 20.8 Å². The lowest BCUT2D eigenvalue weighted by Crippen LogP contribution is -2.49. The molecule has 0 aromatic carbocycles. The topological polar surface area (TPSA) is 98.7 Å². The Morgan fingerprint density at radius 3 is 2.50 bits per heavy atom. The Morgan fingerprint density at radius 2 is 2.00 bits per heavy atom. The molecule has 0 bridgehead atoms. The summed E-state index contributed by atoms with van der Waals surface area (Å²) in [5.41, 5.74) is -1.96. The molecule has 1 unspecified atom stereocenters. The highest BCUT2D eigenvalue weighted by molar-refractivity contribution is 5.79. The van der Waals surface area contributed by atoms with Crippen LogP contribution in [0.5, 0.6) is 0 Å². The fraction of sp³-hybridized carbons (Fsp3) is 0.600. The van der Waals surface area contributed by atoms with Crippen LogP contribution in [0.2, 0.25) is 0 Å². The molecule has 0 aliphatic carbocycles. The van der Waals surface area contributed by atoms with Gasteiger partial charge >= 0.3 is 12.0 Å². The molecule has 0 aliphatic rings. The third kappa shape index (κ3) is 5.88. The van der Waals surface area contributed by atoms with Gasteiger partial charge in [-0.15, -0.1) is 11.8 Å². The number of rotatable bonds is 5. The largest absolute Gasteiger partial charge is 0.479 e. The van der Waals surface area contributed by atoms with Gasteiger partial charge in [0.15, 0.2) is 5.60 Å². The minimum absolute atomic E-state index is 0.354. The zero-order valence-corrected chi connectivity index (χ0v) is 9.33. The smallest absolute Gasteiger partial charge is 0.337 e. The molecule has 0 saturated carbocycles. The summed E-state index contributed by atoms with van der Waals surface area (Å²) in [6.45, 7) is 2.83. The normalized spacial score (nSPS) is 12.9. The predicted octanol–water partition coefficient (Wildman–Crippen LogP) is -0.465. The third-order valence-electron chi connectivity index (χ3n) is 1.77. The third-order valence-corrected chi connectivity index (χ3v) is 1.77. The van der Waals surface area contributed by atoms with E-state index >= 15 is 0 Å². The number of urea groups is 1. The summed E-state index contributed by atoms with van der Waals surface area (Å²) in [5, 5.41) is 22.6. The lowest BCUT2D eigenvalue weighted by molar-refractivity contribution is -0.155. The van der Waals surface area contributed by atoms with E-state index in [0.717, 1.165) is 6.92 Å². The van der Waals surface area contributed by atoms with Crippen LogP contribution in [0, 0.1) is 11.8 Å². The average Bonchev–Trinajstić information content (AvgIpc) is 2.21. The molecule has 0 radical (unpaired) electrons. The Kier molecular flexibility index (Phi) is 5.96. The van der Waals surface area contributed by atoms with Crippen molar-refractivity contribution in [2.45, 2.75) is 25.9 Å². The van der Waals surface area contributed by atoms with Gasteiger partial charge in [-0.05, 0) is 13.8 Å². The molecule has 6 nitrogen and oxygen atoms in total. The van der Waals surface area contributed by atoms with E-state index in [-0.39, 0.29) is 6.54 Å². The fourth-order valence-corrected chi connectivity index (χ4v) is 0.754. The highest BCUT2D eigenvalue weighted by Gasteiger charge is 2.30. The number of carbonyl (C=O) groups is 2. The van der Waals surface area contributed by atoms with Crippen LogP contribution in [-0.2, 0) is 4.79 Å². The van der Waals surface area contributed by atoms with Crippen LogP contribution in [0.3, 0.4) is 0 Å². The van der Waals surface area contributed by atoms with E-state index in [9.17, 15) is 14.7 Å². The minimum atomic E-state index is -1.96. The Bertz CT molecular complexity index is 315. The van der Waals surface area contributed by atoms with E-state index in [1.807, 2.05) is 0 Å². The zero-order valence-electron chi connectivity index (χ0n) is 9.33. The fourth-order valence-electron chi connectivity index (χ4n) is 0.754. The number of carboxylic acids is 1. The summed E-state index contributed by atoms with van der Waals surface area (Å²) < 4.78 is 0. The van der Waals surface area contributed by atoms with Crippen molar-refractivity contribution in [3.63, 3.8) is 0 Å². The van der Waals surface area contributed by atoms with Crippen molar-refractivity contribution in [3.05, 3.63) is 0 Å². The minimum Gasteiger partial charge on any atom is -0.479 e. The van der Waals surface area contributed by atoms with Crippen LogP contribution in [-0.4, -0.2) is 40.9 Å². The zero-order chi connectivity index (χ0) is 12.6. The van der Waals surface area contributed by atoms with Crippen molar-refractivity contribution in [2.24, 2.45) is 0 Å². The maximum absolute atomic E-state index is 11.1. The van der Waals surface area contributed by atoms with Crippen LogP contribution in [0.25, 0.3) is 0 Å². The van der Waals surface area contributed by atoms with E-state index in [2.05, 4.69) is 22.5 Å². The molecule has 16 heavy (non-hydrogen) atoms. The van der Waals surface area contributed by atoms with Crippen molar-refractivity contribution in [1.82, 2.24) is 10.6 Å². The van der Waals surface area contributed by atoms with Crippen molar-refractivity contribution >= 4 is 12.0 Å². The van der Waals surface area contributed by atoms with Crippen LogP contribution in [0.15, 0.2) is 0 Å². The first-order valence-corrected chi connectivity index (χ1v) is 4.77. The summed E-state index contributed by atoms with van der Waals surface area (Å²) in [7, 11) is 0. The first-order valence-electron chi connectivity index (χ1n) is 4.77. The number of aliphatic carboxylic acids is 1. The Hall–Kier alpha value is -1.74. The van der Waals surface area contributed by atoms with Gasteiger partial charge in [-0.1, -0.05) is 0 Å². The maximum atomic E-state index is 11.1. The number of nitrogens with one attached hydrogen (secondary N) is 2. The van der Waals surface area contributed by atoms with Crippen LogP contribution in [0.4, 0.5) is 4.79 Å². The molecule has 0 rings (SSSR count). The summed E-state index contributed by atoms with van der Waals surface area (Å²) in [5.74, 6) is 4.05. The molecule has 6 heteroatoms. The van der Waals surface area contributed by atoms with Gasteiger partial charge in [0.1, 0.15) is 0 Å². The molecule has 0 fully saturated rings. The SMILES string of the molecule is CC#CCCNC(=O)NCC(C)(O)C(=O)O. The van der Waals surface area contributed by atoms with Crippen LogP contribution in [0.1, 0.15) is 20.3 Å². The van der Waals surface area contributed by atoms with Gasteiger partial charge in [-0.2, -0.15) is 0 Å². The van der Waals surface area contributed by atoms with E-state index < -0.39 is 17.6 Å². The highest BCUT2D eigenvalue weighted by atomic mass is 16.4. The number of amides is 2. The van der Waals surface area contributed by atoms with E-state index in [4.69, 9.17) is 5.11 Å². The second-order valence-electron chi connectivity index (χ2n) is 3.37. The molecular weight excluding hydrogens is 212 g/mol. The van der Waals surface area contributed by atoms with Crippen LogP contribution >= 0.6 is 0 Å². The summed E-state index contributed by atoms with van der Waals surface area (Å²) >= 11 is 0. The molecular formula is C10H16N2O4. The monoisotopic (exact) mass is 228 g/mol. The predicted molar refractivity (Wildman–Crippen MR) is 57.7 cm³/mol. The van der Waals surface area contributed by atoms with Gasteiger partial charge in [0, 0.05) is 13.0 Å². The Labute approximate surface area is 94.0 Å². The number of hydrogen-bond donors (Lipinski definition) is 4. The summed E-state index contributed by atoms with van der Waals surface area (Å²) in [4.78, 5) is 21.6. The molecule has 2 amide bonds. The quantitative estimate of drug-likeness (QED) is 0.378. The standard InChI is InChI=1S/C10H16N2O4/c1-3-4-5-6-11-9(15)12-7-10(2,16)8(13)14/h16H,5-7H2,1-2H3,(H,13,14)(H2,11,12,15). The number of aliphatic hydroxyl groups is 1. The summed E-state index contributed by atoms with van der Waals surface area (Å²) in [6.07, 6.45) is 0.527. The first kappa shape index (κ1) is 14.3. The summed E-state index contributed by atoms with van der Waals surface area (Å²) in [6, 6.07) is -0.528. The second kappa shape index (κ2) is 6.69. The van der Waals surface area contributed by atoms with E-state index in [0.29, 0.717) is 13.0 Å². The van der Waals surface area contributed by atoms with E-state index in [1.54, 1.807) is 6.92 Å². The Morgan fingerprint density at radius 1 is 1.38 bits per heavy atom. The molecule has 4 N–H and O–H groups in total. The molecule has 90 valence electrons. The molecule has 0 aromatic heterocycles. The Balaban J connectivity index is 3.80. The van der Waals surface area contributed by atoms with Gasteiger partial charge in [0.25, 0.3) is 0 Å². The highest BCUT2D eigenvalue weighted by Crippen LogP contribution is 2.00. The molecule has 0 saturated heterocycles. The lowest BCUT2D eigenvalue weighted by atomic mass is 10.1. The molecule has 0 heterocycles. The first-order chi connectivity index (χ1) is 7.40. The van der Waals surface area contributed by atoms with Crippen molar-refractivity contribution < 1.29 is 19.8 Å². The lowest BCUT2D eigenvalue weighted by Gasteiger charge is -2.18.